The molecule has 2 N–H and O–H groups in total. The molecule has 1 rings (SSSR count). The minimum atomic E-state index is -0.165. The normalized spacial score (nSPS) is 12.0. The van der Waals surface area contributed by atoms with E-state index in [0.717, 1.165) is 12.0 Å². The van der Waals surface area contributed by atoms with Crippen LogP contribution in [0.15, 0.2) is 18.2 Å². The minimum absolute atomic E-state index is 0. The van der Waals surface area contributed by atoms with E-state index in [1.807, 2.05) is 13.0 Å². The van der Waals surface area contributed by atoms with Crippen LogP contribution < -0.4 is 5.73 Å². The Morgan fingerprint density at radius 3 is 2.54 bits per heavy atom. The van der Waals surface area contributed by atoms with Crippen LogP contribution in [0.25, 0.3) is 0 Å². The summed E-state index contributed by atoms with van der Waals surface area (Å²) in [5.74, 6) is -0.165. The summed E-state index contributed by atoms with van der Waals surface area (Å²) in [6.07, 6.45) is 0.880. The van der Waals surface area contributed by atoms with Crippen molar-refractivity contribution in [3.63, 3.8) is 0 Å². The standard InChI is InChI=1S/C10H14FN.ClH/c1-3-10(12)8-4-5-9(11)7(2)6-8;/h4-6,10H,3,12H2,1-2H3;1H/t10-;/m1./s1. The molecule has 0 aliphatic rings. The van der Waals surface area contributed by atoms with Gasteiger partial charge >= 0.3 is 0 Å². The number of nitrogens with two attached hydrogens (primary N) is 1. The van der Waals surface area contributed by atoms with Crippen LogP contribution in [0.4, 0.5) is 4.39 Å². The van der Waals surface area contributed by atoms with Crippen LogP contribution in [0.2, 0.25) is 0 Å². The zero-order valence-corrected chi connectivity index (χ0v) is 8.70. The van der Waals surface area contributed by atoms with Crippen molar-refractivity contribution in [3.05, 3.63) is 35.1 Å². The highest BCUT2D eigenvalue weighted by molar-refractivity contribution is 5.85. The Bertz CT molecular complexity index is 276. The summed E-state index contributed by atoms with van der Waals surface area (Å²) in [6.45, 7) is 3.77. The van der Waals surface area contributed by atoms with Crippen LogP contribution in [0.1, 0.15) is 30.5 Å². The van der Waals surface area contributed by atoms with Crippen LogP contribution in [-0.2, 0) is 0 Å². The van der Waals surface area contributed by atoms with Crippen molar-refractivity contribution >= 4 is 12.4 Å². The molecule has 1 atom stereocenters. The van der Waals surface area contributed by atoms with Gasteiger partial charge in [-0.1, -0.05) is 19.1 Å². The molecule has 74 valence electrons. The molecule has 0 aromatic heterocycles. The second-order valence-corrected chi connectivity index (χ2v) is 3.02. The number of rotatable bonds is 2. The molecule has 0 saturated carbocycles. The number of aryl methyl sites for hydroxylation is 1. The maximum Gasteiger partial charge on any atom is 0.126 e. The molecule has 13 heavy (non-hydrogen) atoms. The summed E-state index contributed by atoms with van der Waals surface area (Å²) in [6, 6.07) is 5.06. The van der Waals surface area contributed by atoms with Gasteiger partial charge in [-0.3, -0.25) is 0 Å². The minimum Gasteiger partial charge on any atom is -0.324 e. The number of halogens is 2. The predicted molar refractivity (Wildman–Crippen MR) is 55.6 cm³/mol. The quantitative estimate of drug-likeness (QED) is 0.786. The third kappa shape index (κ3) is 2.98. The largest absolute Gasteiger partial charge is 0.324 e. The number of hydrogen-bond acceptors (Lipinski definition) is 1. The predicted octanol–water partition coefficient (Wildman–Crippen LogP) is 2.97. The summed E-state index contributed by atoms with van der Waals surface area (Å²) >= 11 is 0. The molecule has 0 heterocycles. The first kappa shape index (κ1) is 12.4. The van der Waals surface area contributed by atoms with Gasteiger partial charge in [-0.25, -0.2) is 4.39 Å². The highest BCUT2D eigenvalue weighted by Crippen LogP contribution is 2.16. The Labute approximate surface area is 84.5 Å². The molecule has 0 radical (unpaired) electrons. The molecule has 0 unspecified atom stereocenters. The third-order valence-corrected chi connectivity index (χ3v) is 2.05. The van der Waals surface area contributed by atoms with E-state index < -0.39 is 0 Å². The lowest BCUT2D eigenvalue weighted by atomic mass is 10.0. The fraction of sp³-hybridized carbons (Fsp3) is 0.400. The van der Waals surface area contributed by atoms with Crippen molar-refractivity contribution in [2.45, 2.75) is 26.3 Å². The van der Waals surface area contributed by atoms with Gasteiger partial charge in [-0.2, -0.15) is 0 Å². The van der Waals surface area contributed by atoms with Gasteiger partial charge in [0.25, 0.3) is 0 Å². The highest BCUT2D eigenvalue weighted by Gasteiger charge is 2.04. The summed E-state index contributed by atoms with van der Waals surface area (Å²) in [4.78, 5) is 0. The van der Waals surface area contributed by atoms with Gasteiger partial charge in [-0.15, -0.1) is 12.4 Å². The zero-order valence-electron chi connectivity index (χ0n) is 7.88. The van der Waals surface area contributed by atoms with Gasteiger partial charge in [0.2, 0.25) is 0 Å². The summed E-state index contributed by atoms with van der Waals surface area (Å²) in [5.41, 5.74) is 7.46. The van der Waals surface area contributed by atoms with Gasteiger partial charge in [0.15, 0.2) is 0 Å². The van der Waals surface area contributed by atoms with E-state index in [2.05, 4.69) is 0 Å². The van der Waals surface area contributed by atoms with E-state index in [4.69, 9.17) is 5.73 Å². The molecule has 0 aliphatic heterocycles. The van der Waals surface area contributed by atoms with E-state index in [-0.39, 0.29) is 24.3 Å². The van der Waals surface area contributed by atoms with Crippen molar-refractivity contribution < 1.29 is 4.39 Å². The Hall–Kier alpha value is -0.600. The van der Waals surface area contributed by atoms with Gasteiger partial charge in [0, 0.05) is 6.04 Å². The van der Waals surface area contributed by atoms with Crippen molar-refractivity contribution in [2.75, 3.05) is 0 Å². The van der Waals surface area contributed by atoms with Crippen molar-refractivity contribution in [1.29, 1.82) is 0 Å². The maximum atomic E-state index is 12.8. The van der Waals surface area contributed by atoms with E-state index in [0.29, 0.717) is 5.56 Å². The Balaban J connectivity index is 0.00000144. The lowest BCUT2D eigenvalue weighted by molar-refractivity contribution is 0.614. The smallest absolute Gasteiger partial charge is 0.126 e. The lowest BCUT2D eigenvalue weighted by Crippen LogP contribution is -2.08. The van der Waals surface area contributed by atoms with Crippen LogP contribution in [0, 0.1) is 12.7 Å². The average molecular weight is 204 g/mol. The second kappa shape index (κ2) is 5.20. The molecule has 0 amide bonds. The first-order chi connectivity index (χ1) is 5.65. The Morgan fingerprint density at radius 2 is 2.08 bits per heavy atom. The van der Waals surface area contributed by atoms with Crippen LogP contribution in [0.3, 0.4) is 0 Å². The molecule has 1 nitrogen and oxygen atoms in total. The molecule has 0 fully saturated rings. The van der Waals surface area contributed by atoms with Gasteiger partial charge in [0.1, 0.15) is 5.82 Å². The monoisotopic (exact) mass is 203 g/mol. The number of hydrogen-bond donors (Lipinski definition) is 1. The fourth-order valence-electron chi connectivity index (χ4n) is 1.13. The SMILES string of the molecule is CC[C@@H](N)c1ccc(F)c(C)c1.Cl. The van der Waals surface area contributed by atoms with Crippen LogP contribution in [0.5, 0.6) is 0 Å². The first-order valence-corrected chi connectivity index (χ1v) is 4.16. The molecule has 1 aromatic rings. The van der Waals surface area contributed by atoms with Crippen molar-refractivity contribution in [3.8, 4) is 0 Å². The number of benzene rings is 1. The van der Waals surface area contributed by atoms with Crippen molar-refractivity contribution in [1.82, 2.24) is 0 Å². The summed E-state index contributed by atoms with van der Waals surface area (Å²) < 4.78 is 12.8. The second-order valence-electron chi connectivity index (χ2n) is 3.02. The van der Waals surface area contributed by atoms with Gasteiger partial charge in [0.05, 0.1) is 0 Å². The lowest BCUT2D eigenvalue weighted by Gasteiger charge is -2.09. The fourth-order valence-corrected chi connectivity index (χ4v) is 1.13. The molecule has 0 bridgehead atoms. The Kier molecular flexibility index (Phi) is 4.96. The molecular formula is C10H15ClFN. The van der Waals surface area contributed by atoms with E-state index in [1.165, 1.54) is 6.07 Å². The van der Waals surface area contributed by atoms with Crippen LogP contribution >= 0.6 is 12.4 Å². The van der Waals surface area contributed by atoms with Crippen molar-refractivity contribution in [2.24, 2.45) is 5.73 Å². The van der Waals surface area contributed by atoms with E-state index >= 15 is 0 Å². The molecule has 3 heteroatoms. The first-order valence-electron chi connectivity index (χ1n) is 4.16. The topological polar surface area (TPSA) is 26.0 Å². The zero-order chi connectivity index (χ0) is 9.14. The average Bonchev–Trinajstić information content (AvgIpc) is 2.08. The van der Waals surface area contributed by atoms with Crippen LogP contribution in [-0.4, -0.2) is 0 Å². The highest BCUT2D eigenvalue weighted by atomic mass is 35.5. The summed E-state index contributed by atoms with van der Waals surface area (Å²) in [5, 5.41) is 0. The van der Waals surface area contributed by atoms with E-state index in [9.17, 15) is 4.39 Å². The molecule has 0 spiro atoms. The Morgan fingerprint density at radius 1 is 1.46 bits per heavy atom. The summed E-state index contributed by atoms with van der Waals surface area (Å²) in [7, 11) is 0. The third-order valence-electron chi connectivity index (χ3n) is 2.05. The molecule has 0 aliphatic carbocycles. The molecule has 0 saturated heterocycles. The molecular weight excluding hydrogens is 189 g/mol. The van der Waals surface area contributed by atoms with Gasteiger partial charge < -0.3 is 5.73 Å². The van der Waals surface area contributed by atoms with Gasteiger partial charge in [-0.05, 0) is 30.5 Å². The van der Waals surface area contributed by atoms with E-state index in [1.54, 1.807) is 13.0 Å². The maximum absolute atomic E-state index is 12.8. The molecule has 1 aromatic carbocycles.